The standard InChI is InChI=1S/C15H18N2O/c1-18-15-11-13-5-3-2-4-12(13)10-14(15)17-8-6-16-7-9-17/h2-5,10-11,16H,6-9H2,1H3. The van der Waals surface area contributed by atoms with Gasteiger partial charge < -0.3 is 15.0 Å². The van der Waals surface area contributed by atoms with E-state index in [1.807, 2.05) is 0 Å². The Morgan fingerprint density at radius 3 is 2.39 bits per heavy atom. The molecular formula is C15H18N2O. The van der Waals surface area contributed by atoms with Gasteiger partial charge in [-0.15, -0.1) is 0 Å². The number of benzene rings is 2. The molecule has 2 aromatic carbocycles. The number of rotatable bonds is 2. The zero-order valence-electron chi connectivity index (χ0n) is 10.6. The van der Waals surface area contributed by atoms with Gasteiger partial charge in [-0.25, -0.2) is 0 Å². The largest absolute Gasteiger partial charge is 0.495 e. The predicted molar refractivity (Wildman–Crippen MR) is 75.6 cm³/mol. The Morgan fingerprint density at radius 2 is 1.72 bits per heavy atom. The highest BCUT2D eigenvalue weighted by Crippen LogP contribution is 2.33. The van der Waals surface area contributed by atoms with E-state index >= 15 is 0 Å². The minimum Gasteiger partial charge on any atom is -0.495 e. The first kappa shape index (κ1) is 11.4. The summed E-state index contributed by atoms with van der Waals surface area (Å²) < 4.78 is 5.54. The summed E-state index contributed by atoms with van der Waals surface area (Å²) in [6, 6.07) is 12.8. The Labute approximate surface area is 107 Å². The molecule has 0 saturated carbocycles. The zero-order chi connectivity index (χ0) is 12.4. The van der Waals surface area contributed by atoms with Crippen molar-refractivity contribution in [2.75, 3.05) is 38.2 Å². The van der Waals surface area contributed by atoms with E-state index in [-0.39, 0.29) is 0 Å². The minimum atomic E-state index is 0.968. The number of methoxy groups -OCH3 is 1. The van der Waals surface area contributed by atoms with Crippen LogP contribution in [0, 0.1) is 0 Å². The van der Waals surface area contributed by atoms with E-state index in [4.69, 9.17) is 4.74 Å². The van der Waals surface area contributed by atoms with Crippen molar-refractivity contribution in [1.82, 2.24) is 5.32 Å². The first-order valence-corrected chi connectivity index (χ1v) is 6.41. The Bertz CT molecular complexity index is 547. The van der Waals surface area contributed by atoms with Crippen molar-refractivity contribution in [2.24, 2.45) is 0 Å². The smallest absolute Gasteiger partial charge is 0.142 e. The Hall–Kier alpha value is -1.74. The lowest BCUT2D eigenvalue weighted by molar-refractivity contribution is 0.413. The summed E-state index contributed by atoms with van der Waals surface area (Å²) in [5.74, 6) is 0.968. The van der Waals surface area contributed by atoms with Gasteiger partial charge in [-0.2, -0.15) is 0 Å². The third kappa shape index (κ3) is 2.02. The molecule has 0 amide bonds. The minimum absolute atomic E-state index is 0.968. The van der Waals surface area contributed by atoms with Crippen molar-refractivity contribution in [2.45, 2.75) is 0 Å². The molecule has 3 heteroatoms. The van der Waals surface area contributed by atoms with Gasteiger partial charge in [0, 0.05) is 26.2 Å². The van der Waals surface area contributed by atoms with Gasteiger partial charge in [-0.05, 0) is 22.9 Å². The molecule has 1 saturated heterocycles. The summed E-state index contributed by atoms with van der Waals surface area (Å²) in [4.78, 5) is 2.39. The molecule has 2 aromatic rings. The van der Waals surface area contributed by atoms with Gasteiger partial charge in [0.15, 0.2) is 0 Å². The molecule has 0 spiro atoms. The second kappa shape index (κ2) is 4.86. The van der Waals surface area contributed by atoms with E-state index in [9.17, 15) is 0 Å². The van der Waals surface area contributed by atoms with Gasteiger partial charge in [-0.1, -0.05) is 24.3 Å². The molecule has 3 nitrogen and oxygen atoms in total. The molecule has 0 aliphatic carbocycles. The molecule has 0 bridgehead atoms. The van der Waals surface area contributed by atoms with E-state index < -0.39 is 0 Å². The van der Waals surface area contributed by atoms with Gasteiger partial charge in [0.25, 0.3) is 0 Å². The van der Waals surface area contributed by atoms with Crippen molar-refractivity contribution in [3.05, 3.63) is 36.4 Å². The van der Waals surface area contributed by atoms with E-state index in [0.29, 0.717) is 0 Å². The number of nitrogens with zero attached hydrogens (tertiary/aromatic N) is 1. The maximum atomic E-state index is 5.54. The average molecular weight is 242 g/mol. The summed E-state index contributed by atoms with van der Waals surface area (Å²) >= 11 is 0. The molecular weight excluding hydrogens is 224 g/mol. The van der Waals surface area contributed by atoms with Crippen LogP contribution in [0.4, 0.5) is 5.69 Å². The van der Waals surface area contributed by atoms with Crippen molar-refractivity contribution in [1.29, 1.82) is 0 Å². The maximum absolute atomic E-state index is 5.54. The average Bonchev–Trinajstić information content (AvgIpc) is 2.46. The van der Waals surface area contributed by atoms with Crippen LogP contribution in [0.1, 0.15) is 0 Å². The van der Waals surface area contributed by atoms with Crippen molar-refractivity contribution in [3.8, 4) is 5.75 Å². The summed E-state index contributed by atoms with van der Waals surface area (Å²) in [6.45, 7) is 4.15. The molecule has 3 rings (SSSR count). The van der Waals surface area contributed by atoms with Crippen LogP contribution in [0.5, 0.6) is 5.75 Å². The van der Waals surface area contributed by atoms with Crippen molar-refractivity contribution >= 4 is 16.5 Å². The number of nitrogens with one attached hydrogen (secondary N) is 1. The molecule has 0 radical (unpaired) electrons. The van der Waals surface area contributed by atoms with Crippen LogP contribution in [0.2, 0.25) is 0 Å². The highest BCUT2D eigenvalue weighted by molar-refractivity contribution is 5.89. The van der Waals surface area contributed by atoms with Crippen LogP contribution < -0.4 is 15.0 Å². The lowest BCUT2D eigenvalue weighted by Gasteiger charge is -2.30. The molecule has 1 fully saturated rings. The summed E-state index contributed by atoms with van der Waals surface area (Å²) in [5.41, 5.74) is 1.21. The second-order valence-corrected chi connectivity index (χ2v) is 4.61. The summed E-state index contributed by atoms with van der Waals surface area (Å²) in [5, 5.41) is 5.88. The monoisotopic (exact) mass is 242 g/mol. The van der Waals surface area contributed by atoms with Gasteiger partial charge in [0.2, 0.25) is 0 Å². The van der Waals surface area contributed by atoms with Crippen LogP contribution in [0.3, 0.4) is 0 Å². The first-order valence-electron chi connectivity index (χ1n) is 6.41. The van der Waals surface area contributed by atoms with Gasteiger partial charge >= 0.3 is 0 Å². The van der Waals surface area contributed by atoms with Gasteiger partial charge in [0.05, 0.1) is 12.8 Å². The molecule has 1 aliphatic heterocycles. The molecule has 0 unspecified atom stereocenters. The highest BCUT2D eigenvalue weighted by Gasteiger charge is 2.15. The fraction of sp³-hybridized carbons (Fsp3) is 0.333. The number of piperazine rings is 1. The van der Waals surface area contributed by atoms with E-state index in [1.54, 1.807) is 7.11 Å². The molecule has 0 aromatic heterocycles. The van der Waals surface area contributed by atoms with Crippen LogP contribution >= 0.6 is 0 Å². The van der Waals surface area contributed by atoms with Gasteiger partial charge in [-0.3, -0.25) is 0 Å². The normalized spacial score (nSPS) is 15.9. The Morgan fingerprint density at radius 1 is 1.06 bits per heavy atom. The first-order chi connectivity index (χ1) is 8.88. The molecule has 1 aliphatic rings. The summed E-state index contributed by atoms with van der Waals surface area (Å²) in [7, 11) is 1.75. The molecule has 94 valence electrons. The van der Waals surface area contributed by atoms with Crippen LogP contribution in [-0.4, -0.2) is 33.3 Å². The molecule has 1 N–H and O–H groups in total. The number of anilines is 1. The number of fused-ring (bicyclic) bond motifs is 1. The lowest BCUT2D eigenvalue weighted by atomic mass is 10.1. The van der Waals surface area contributed by atoms with Gasteiger partial charge in [0.1, 0.15) is 5.75 Å². The van der Waals surface area contributed by atoms with E-state index in [2.05, 4.69) is 46.6 Å². The van der Waals surface area contributed by atoms with Crippen LogP contribution in [-0.2, 0) is 0 Å². The van der Waals surface area contributed by atoms with Crippen molar-refractivity contribution < 1.29 is 4.74 Å². The third-order valence-corrected chi connectivity index (χ3v) is 3.50. The Balaban J connectivity index is 2.08. The fourth-order valence-electron chi connectivity index (χ4n) is 2.52. The lowest BCUT2D eigenvalue weighted by Crippen LogP contribution is -2.43. The maximum Gasteiger partial charge on any atom is 0.142 e. The highest BCUT2D eigenvalue weighted by atomic mass is 16.5. The molecule has 18 heavy (non-hydrogen) atoms. The number of hydrogen-bond acceptors (Lipinski definition) is 3. The SMILES string of the molecule is COc1cc2ccccc2cc1N1CCNCC1. The molecule has 0 atom stereocenters. The van der Waals surface area contributed by atoms with E-state index in [0.717, 1.165) is 31.9 Å². The van der Waals surface area contributed by atoms with Crippen LogP contribution in [0.15, 0.2) is 36.4 Å². The number of hydrogen-bond donors (Lipinski definition) is 1. The van der Waals surface area contributed by atoms with Crippen molar-refractivity contribution in [3.63, 3.8) is 0 Å². The zero-order valence-corrected chi connectivity index (χ0v) is 10.6. The van der Waals surface area contributed by atoms with E-state index in [1.165, 1.54) is 16.5 Å². The predicted octanol–water partition coefficient (Wildman–Crippen LogP) is 2.26. The number of ether oxygens (including phenoxy) is 1. The second-order valence-electron chi connectivity index (χ2n) is 4.61. The Kier molecular flexibility index (Phi) is 3.07. The third-order valence-electron chi connectivity index (χ3n) is 3.50. The topological polar surface area (TPSA) is 24.5 Å². The quantitative estimate of drug-likeness (QED) is 0.874. The summed E-state index contributed by atoms with van der Waals surface area (Å²) in [6.07, 6.45) is 0. The van der Waals surface area contributed by atoms with Crippen LogP contribution in [0.25, 0.3) is 10.8 Å². The fourth-order valence-corrected chi connectivity index (χ4v) is 2.52. The molecule has 1 heterocycles.